The molecule has 2 aromatic heterocycles. The van der Waals surface area contributed by atoms with Gasteiger partial charge in [-0.3, -0.25) is 9.78 Å². The number of hydrogen-bond acceptors (Lipinski definition) is 5. The number of hydrogen-bond donors (Lipinski definition) is 1. The van der Waals surface area contributed by atoms with E-state index in [-0.39, 0.29) is 11.8 Å². The first-order valence-corrected chi connectivity index (χ1v) is 8.44. The van der Waals surface area contributed by atoms with E-state index in [1.54, 1.807) is 30.5 Å². The van der Waals surface area contributed by atoms with Crippen molar-refractivity contribution in [1.29, 1.82) is 0 Å². The number of fused-ring (bicyclic) bond motifs is 1. The Labute approximate surface area is 150 Å². The van der Waals surface area contributed by atoms with E-state index in [0.717, 1.165) is 29.3 Å². The Bertz CT molecular complexity index is 995. The van der Waals surface area contributed by atoms with Gasteiger partial charge in [0, 0.05) is 29.4 Å². The van der Waals surface area contributed by atoms with Crippen molar-refractivity contribution in [2.24, 2.45) is 5.92 Å². The smallest absolute Gasteiger partial charge is 0.345 e. The molecule has 6 nitrogen and oxygen atoms in total. The van der Waals surface area contributed by atoms with Crippen LogP contribution in [0.5, 0.6) is 5.75 Å². The van der Waals surface area contributed by atoms with Crippen LogP contribution in [-0.4, -0.2) is 21.8 Å². The maximum atomic E-state index is 12.2. The van der Waals surface area contributed by atoms with Crippen molar-refractivity contribution in [2.45, 2.75) is 19.8 Å². The Kier molecular flexibility index (Phi) is 4.08. The molecule has 2 heterocycles. The highest BCUT2D eigenvalue weighted by Crippen LogP contribution is 2.30. The molecule has 6 heteroatoms. The molecule has 130 valence electrons. The van der Waals surface area contributed by atoms with Crippen LogP contribution < -0.4 is 10.1 Å². The number of esters is 1. The van der Waals surface area contributed by atoms with Gasteiger partial charge in [-0.2, -0.15) is 0 Å². The second kappa shape index (κ2) is 6.55. The number of nitrogens with one attached hydrogen (secondary N) is 1. The van der Waals surface area contributed by atoms with E-state index in [0.29, 0.717) is 17.1 Å². The lowest BCUT2D eigenvalue weighted by Gasteiger charge is -2.07. The summed E-state index contributed by atoms with van der Waals surface area (Å²) in [6.45, 7) is 1.85. The van der Waals surface area contributed by atoms with E-state index in [1.807, 2.05) is 19.1 Å². The summed E-state index contributed by atoms with van der Waals surface area (Å²) in [6.07, 6.45) is 5.05. The number of ether oxygens (including phenoxy) is 1. The predicted molar refractivity (Wildman–Crippen MR) is 97.0 cm³/mol. The first-order chi connectivity index (χ1) is 12.6. The molecular formula is C20H17N3O3. The monoisotopic (exact) mass is 347 g/mol. The largest absolute Gasteiger partial charge is 0.423 e. The molecule has 1 amide bonds. The molecule has 1 N–H and O–H groups in total. The number of carbonyl (C=O) groups excluding carboxylic acids is 2. The predicted octanol–water partition coefficient (Wildman–Crippen LogP) is 3.51. The summed E-state index contributed by atoms with van der Waals surface area (Å²) in [4.78, 5) is 32.4. The molecule has 0 radical (unpaired) electrons. The summed E-state index contributed by atoms with van der Waals surface area (Å²) in [7, 11) is 0. The molecule has 4 rings (SSSR count). The molecule has 3 aromatic rings. The minimum Gasteiger partial charge on any atom is -0.423 e. The van der Waals surface area contributed by atoms with Gasteiger partial charge in [0.05, 0.1) is 5.56 Å². The van der Waals surface area contributed by atoms with Crippen LogP contribution in [0.15, 0.2) is 48.8 Å². The second-order valence-electron chi connectivity index (χ2n) is 6.42. The maximum absolute atomic E-state index is 12.2. The zero-order valence-electron chi connectivity index (χ0n) is 14.2. The van der Waals surface area contributed by atoms with Gasteiger partial charge < -0.3 is 10.1 Å². The Morgan fingerprint density at radius 1 is 1.04 bits per heavy atom. The van der Waals surface area contributed by atoms with E-state index >= 15 is 0 Å². The average Bonchev–Trinajstić information content (AvgIpc) is 3.47. The summed E-state index contributed by atoms with van der Waals surface area (Å²) in [6, 6.07) is 10.5. The topological polar surface area (TPSA) is 81.2 Å². The lowest BCUT2D eigenvalue weighted by molar-refractivity contribution is -0.117. The van der Waals surface area contributed by atoms with Gasteiger partial charge in [-0.05, 0) is 55.5 Å². The zero-order chi connectivity index (χ0) is 18.1. The number of aryl methyl sites for hydroxylation is 1. The molecule has 1 aromatic carbocycles. The molecule has 0 spiro atoms. The van der Waals surface area contributed by atoms with Gasteiger partial charge in [0.25, 0.3) is 0 Å². The molecule has 26 heavy (non-hydrogen) atoms. The van der Waals surface area contributed by atoms with E-state index in [1.165, 1.54) is 6.20 Å². The summed E-state index contributed by atoms with van der Waals surface area (Å²) in [5.41, 5.74) is 1.23. The lowest BCUT2D eigenvalue weighted by Crippen LogP contribution is -2.14. The van der Waals surface area contributed by atoms with E-state index in [2.05, 4.69) is 15.3 Å². The van der Waals surface area contributed by atoms with Crippen molar-refractivity contribution >= 4 is 28.5 Å². The highest BCUT2D eigenvalue weighted by Gasteiger charge is 2.29. The van der Waals surface area contributed by atoms with Gasteiger partial charge >= 0.3 is 5.97 Å². The first-order valence-electron chi connectivity index (χ1n) is 8.44. The number of pyridine rings is 2. The van der Waals surface area contributed by atoms with Crippen LogP contribution in [0.1, 0.15) is 28.9 Å². The summed E-state index contributed by atoms with van der Waals surface area (Å²) in [5, 5.41) is 4.55. The lowest BCUT2D eigenvalue weighted by atomic mass is 10.1. The molecule has 1 saturated carbocycles. The maximum Gasteiger partial charge on any atom is 0.345 e. The highest BCUT2D eigenvalue weighted by molar-refractivity contribution is 5.96. The van der Waals surface area contributed by atoms with Crippen LogP contribution >= 0.6 is 0 Å². The molecule has 0 bridgehead atoms. The summed E-state index contributed by atoms with van der Waals surface area (Å²) >= 11 is 0. The summed E-state index contributed by atoms with van der Waals surface area (Å²) in [5.74, 6) is 0.655. The summed E-state index contributed by atoms with van der Waals surface area (Å²) < 4.78 is 5.41. The second-order valence-corrected chi connectivity index (χ2v) is 6.42. The fraction of sp³-hybridized carbons (Fsp3) is 0.200. The Balaban J connectivity index is 1.50. The molecule has 1 fully saturated rings. The quantitative estimate of drug-likeness (QED) is 0.577. The van der Waals surface area contributed by atoms with Crippen molar-refractivity contribution in [3.8, 4) is 5.75 Å². The number of rotatable bonds is 4. The number of nitrogens with zero attached hydrogens (tertiary/aromatic N) is 2. The minimum absolute atomic E-state index is 0.0223. The fourth-order valence-corrected chi connectivity index (χ4v) is 2.58. The number of aromatic nitrogens is 2. The highest BCUT2D eigenvalue weighted by atomic mass is 16.5. The van der Waals surface area contributed by atoms with Crippen LogP contribution in [0.25, 0.3) is 10.8 Å². The van der Waals surface area contributed by atoms with Crippen LogP contribution in [-0.2, 0) is 4.79 Å². The van der Waals surface area contributed by atoms with Gasteiger partial charge in [0.15, 0.2) is 0 Å². The Morgan fingerprint density at radius 2 is 1.88 bits per heavy atom. The molecule has 0 aliphatic heterocycles. The minimum atomic E-state index is -0.460. The Morgan fingerprint density at radius 3 is 2.62 bits per heavy atom. The third-order valence-electron chi connectivity index (χ3n) is 4.25. The molecule has 0 saturated heterocycles. The van der Waals surface area contributed by atoms with Gasteiger partial charge in [-0.25, -0.2) is 9.78 Å². The zero-order valence-corrected chi connectivity index (χ0v) is 14.2. The van der Waals surface area contributed by atoms with E-state index in [9.17, 15) is 9.59 Å². The fourth-order valence-electron chi connectivity index (χ4n) is 2.58. The third kappa shape index (κ3) is 3.54. The van der Waals surface area contributed by atoms with Crippen LogP contribution in [0.3, 0.4) is 0 Å². The van der Waals surface area contributed by atoms with Crippen molar-refractivity contribution in [3.63, 3.8) is 0 Å². The molecular weight excluding hydrogens is 330 g/mol. The van der Waals surface area contributed by atoms with Crippen LogP contribution in [0.4, 0.5) is 5.82 Å². The number of benzene rings is 1. The third-order valence-corrected chi connectivity index (χ3v) is 4.25. The molecule has 1 aliphatic rings. The van der Waals surface area contributed by atoms with Crippen molar-refractivity contribution in [1.82, 2.24) is 9.97 Å². The van der Waals surface area contributed by atoms with Crippen LogP contribution in [0.2, 0.25) is 0 Å². The van der Waals surface area contributed by atoms with Crippen LogP contribution in [0, 0.1) is 12.8 Å². The van der Waals surface area contributed by atoms with Gasteiger partial charge in [0.2, 0.25) is 5.91 Å². The van der Waals surface area contributed by atoms with Gasteiger partial charge in [0.1, 0.15) is 11.6 Å². The van der Waals surface area contributed by atoms with Crippen molar-refractivity contribution in [2.75, 3.05) is 5.32 Å². The normalized spacial score (nSPS) is 13.4. The van der Waals surface area contributed by atoms with Crippen molar-refractivity contribution < 1.29 is 14.3 Å². The first kappa shape index (κ1) is 16.2. The molecule has 0 atom stereocenters. The van der Waals surface area contributed by atoms with Crippen molar-refractivity contribution in [3.05, 3.63) is 60.0 Å². The molecule has 0 unspecified atom stereocenters. The standard InChI is InChI=1S/C20H17N3O3/c1-12-2-3-15(10-21-12)20(25)26-17-7-6-14-9-18(22-11-16(14)8-17)23-19(24)13-4-5-13/h2-3,6-11,13H,4-5H2,1H3,(H,22,23,24). The SMILES string of the molecule is Cc1ccc(C(=O)Oc2ccc3cc(NC(=O)C4CC4)ncc3c2)cn1. The number of anilines is 1. The number of carbonyl (C=O) groups is 2. The van der Waals surface area contributed by atoms with E-state index in [4.69, 9.17) is 4.74 Å². The Hall–Kier alpha value is -3.28. The molecule has 1 aliphatic carbocycles. The number of amides is 1. The average molecular weight is 347 g/mol. The van der Waals surface area contributed by atoms with Gasteiger partial charge in [-0.1, -0.05) is 6.07 Å². The van der Waals surface area contributed by atoms with Gasteiger partial charge in [-0.15, -0.1) is 0 Å². The van der Waals surface area contributed by atoms with E-state index < -0.39 is 5.97 Å².